The largest absolute Gasteiger partial charge is 0.381 e. The SMILES string of the molecule is CCNCC(CCOCCC(C)C)Cc1ccc(Cl)cc1. The van der Waals surface area contributed by atoms with Gasteiger partial charge in [0.1, 0.15) is 0 Å². The molecule has 0 bridgehead atoms. The lowest BCUT2D eigenvalue weighted by molar-refractivity contribution is 0.110. The minimum absolute atomic E-state index is 0.616. The summed E-state index contributed by atoms with van der Waals surface area (Å²) < 4.78 is 5.76. The summed E-state index contributed by atoms with van der Waals surface area (Å²) >= 11 is 5.94. The van der Waals surface area contributed by atoms with Crippen molar-refractivity contribution in [3.05, 3.63) is 34.9 Å². The molecular weight excluding hydrogens is 282 g/mol. The predicted molar refractivity (Wildman–Crippen MR) is 92.1 cm³/mol. The highest BCUT2D eigenvalue weighted by molar-refractivity contribution is 6.30. The summed E-state index contributed by atoms with van der Waals surface area (Å²) in [6.07, 6.45) is 3.33. The summed E-state index contributed by atoms with van der Waals surface area (Å²) in [4.78, 5) is 0. The number of halogens is 1. The topological polar surface area (TPSA) is 21.3 Å². The van der Waals surface area contributed by atoms with Crippen LogP contribution in [0.2, 0.25) is 5.02 Å². The third kappa shape index (κ3) is 9.13. The molecule has 1 unspecified atom stereocenters. The molecule has 0 heterocycles. The van der Waals surface area contributed by atoms with Crippen LogP contribution in [0.3, 0.4) is 0 Å². The first-order chi connectivity index (χ1) is 10.1. The van der Waals surface area contributed by atoms with Crippen LogP contribution in [0.15, 0.2) is 24.3 Å². The van der Waals surface area contributed by atoms with Gasteiger partial charge in [-0.2, -0.15) is 0 Å². The van der Waals surface area contributed by atoms with Crippen LogP contribution in [0.25, 0.3) is 0 Å². The van der Waals surface area contributed by atoms with Gasteiger partial charge in [-0.1, -0.05) is 44.5 Å². The fourth-order valence-electron chi connectivity index (χ4n) is 2.25. The molecule has 1 N–H and O–H groups in total. The normalized spacial score (nSPS) is 12.8. The van der Waals surface area contributed by atoms with E-state index in [0.717, 1.165) is 56.5 Å². The third-order valence-corrected chi connectivity index (χ3v) is 3.88. The van der Waals surface area contributed by atoms with E-state index < -0.39 is 0 Å². The lowest BCUT2D eigenvalue weighted by Crippen LogP contribution is -2.25. The van der Waals surface area contributed by atoms with Crippen molar-refractivity contribution in [2.24, 2.45) is 11.8 Å². The van der Waals surface area contributed by atoms with Gasteiger partial charge in [-0.15, -0.1) is 0 Å². The lowest BCUT2D eigenvalue weighted by atomic mass is 9.96. The van der Waals surface area contributed by atoms with Gasteiger partial charge in [0.2, 0.25) is 0 Å². The fourth-order valence-corrected chi connectivity index (χ4v) is 2.38. The fraction of sp³-hybridized carbons (Fsp3) is 0.667. The van der Waals surface area contributed by atoms with E-state index in [2.05, 4.69) is 38.2 Å². The van der Waals surface area contributed by atoms with Gasteiger partial charge in [0.15, 0.2) is 0 Å². The number of benzene rings is 1. The molecule has 0 spiro atoms. The summed E-state index contributed by atoms with van der Waals surface area (Å²) in [6.45, 7) is 10.4. The molecule has 120 valence electrons. The zero-order valence-electron chi connectivity index (χ0n) is 13.7. The van der Waals surface area contributed by atoms with E-state index >= 15 is 0 Å². The Kier molecular flexibility index (Phi) is 9.73. The second-order valence-electron chi connectivity index (χ2n) is 6.09. The van der Waals surface area contributed by atoms with Crippen molar-refractivity contribution >= 4 is 11.6 Å². The lowest BCUT2D eigenvalue weighted by Gasteiger charge is -2.18. The van der Waals surface area contributed by atoms with Crippen LogP contribution in [0.5, 0.6) is 0 Å². The van der Waals surface area contributed by atoms with Crippen molar-refractivity contribution in [1.29, 1.82) is 0 Å². The first kappa shape index (κ1) is 18.5. The van der Waals surface area contributed by atoms with Crippen LogP contribution < -0.4 is 5.32 Å². The van der Waals surface area contributed by atoms with E-state index in [1.807, 2.05) is 12.1 Å². The van der Waals surface area contributed by atoms with Crippen molar-refractivity contribution in [2.45, 2.75) is 40.0 Å². The molecule has 0 saturated carbocycles. The Morgan fingerprint density at radius 2 is 1.76 bits per heavy atom. The molecule has 21 heavy (non-hydrogen) atoms. The first-order valence-corrected chi connectivity index (χ1v) is 8.52. The second kappa shape index (κ2) is 11.1. The second-order valence-corrected chi connectivity index (χ2v) is 6.52. The van der Waals surface area contributed by atoms with Crippen LogP contribution in [0, 0.1) is 11.8 Å². The minimum atomic E-state index is 0.616. The van der Waals surface area contributed by atoms with Crippen LogP contribution in [-0.2, 0) is 11.2 Å². The molecule has 1 rings (SSSR count). The summed E-state index contributed by atoms with van der Waals surface area (Å²) in [5, 5.41) is 4.26. The summed E-state index contributed by atoms with van der Waals surface area (Å²) in [5.74, 6) is 1.33. The maximum Gasteiger partial charge on any atom is 0.0469 e. The molecule has 0 amide bonds. The van der Waals surface area contributed by atoms with E-state index in [4.69, 9.17) is 16.3 Å². The van der Waals surface area contributed by atoms with E-state index in [-0.39, 0.29) is 0 Å². The molecule has 0 radical (unpaired) electrons. The van der Waals surface area contributed by atoms with Gasteiger partial charge < -0.3 is 10.1 Å². The quantitative estimate of drug-likeness (QED) is 0.605. The molecule has 0 aliphatic heterocycles. The van der Waals surface area contributed by atoms with Gasteiger partial charge in [0.05, 0.1) is 0 Å². The standard InChI is InChI=1S/C18H30ClNO/c1-4-20-14-17(10-12-21-11-9-15(2)3)13-16-5-7-18(19)8-6-16/h5-8,15,17,20H,4,9-14H2,1-3H3. The van der Waals surface area contributed by atoms with E-state index in [0.29, 0.717) is 5.92 Å². The van der Waals surface area contributed by atoms with Gasteiger partial charge in [-0.3, -0.25) is 0 Å². The van der Waals surface area contributed by atoms with Crippen molar-refractivity contribution in [2.75, 3.05) is 26.3 Å². The highest BCUT2D eigenvalue weighted by Gasteiger charge is 2.09. The number of rotatable bonds is 11. The van der Waals surface area contributed by atoms with Crippen molar-refractivity contribution in [3.63, 3.8) is 0 Å². The van der Waals surface area contributed by atoms with Gasteiger partial charge in [0, 0.05) is 18.2 Å². The van der Waals surface area contributed by atoms with Crippen LogP contribution in [-0.4, -0.2) is 26.3 Å². The summed E-state index contributed by atoms with van der Waals surface area (Å²) in [5.41, 5.74) is 1.35. The van der Waals surface area contributed by atoms with Gasteiger partial charge in [-0.05, 0) is 61.9 Å². The Morgan fingerprint density at radius 1 is 1.10 bits per heavy atom. The molecule has 1 aromatic carbocycles. The highest BCUT2D eigenvalue weighted by atomic mass is 35.5. The van der Waals surface area contributed by atoms with Crippen molar-refractivity contribution in [3.8, 4) is 0 Å². The summed E-state index contributed by atoms with van der Waals surface area (Å²) in [6, 6.07) is 8.20. The Labute approximate surface area is 135 Å². The zero-order chi connectivity index (χ0) is 15.5. The number of hydrogen-bond acceptors (Lipinski definition) is 2. The zero-order valence-corrected chi connectivity index (χ0v) is 14.5. The maximum atomic E-state index is 5.94. The molecule has 0 aliphatic rings. The Morgan fingerprint density at radius 3 is 2.38 bits per heavy atom. The predicted octanol–water partition coefficient (Wildman–Crippen LogP) is 4.56. The average Bonchev–Trinajstić information content (AvgIpc) is 2.46. The molecule has 1 aromatic rings. The third-order valence-electron chi connectivity index (χ3n) is 3.63. The van der Waals surface area contributed by atoms with Crippen LogP contribution in [0.1, 0.15) is 39.2 Å². The molecular formula is C18H30ClNO. The van der Waals surface area contributed by atoms with Gasteiger partial charge in [-0.25, -0.2) is 0 Å². The molecule has 1 atom stereocenters. The van der Waals surface area contributed by atoms with E-state index in [1.165, 1.54) is 5.56 Å². The molecule has 3 heteroatoms. The smallest absolute Gasteiger partial charge is 0.0469 e. The number of ether oxygens (including phenoxy) is 1. The summed E-state index contributed by atoms with van der Waals surface area (Å²) in [7, 11) is 0. The molecule has 0 saturated heterocycles. The molecule has 2 nitrogen and oxygen atoms in total. The van der Waals surface area contributed by atoms with Crippen molar-refractivity contribution < 1.29 is 4.74 Å². The molecule has 0 fully saturated rings. The molecule has 0 aliphatic carbocycles. The molecule has 0 aromatic heterocycles. The number of hydrogen-bond donors (Lipinski definition) is 1. The monoisotopic (exact) mass is 311 g/mol. The van der Waals surface area contributed by atoms with E-state index in [9.17, 15) is 0 Å². The van der Waals surface area contributed by atoms with E-state index in [1.54, 1.807) is 0 Å². The van der Waals surface area contributed by atoms with Crippen LogP contribution >= 0.6 is 11.6 Å². The first-order valence-electron chi connectivity index (χ1n) is 8.14. The highest BCUT2D eigenvalue weighted by Crippen LogP contribution is 2.15. The van der Waals surface area contributed by atoms with Crippen LogP contribution in [0.4, 0.5) is 0 Å². The van der Waals surface area contributed by atoms with Crippen molar-refractivity contribution in [1.82, 2.24) is 5.32 Å². The van der Waals surface area contributed by atoms with Gasteiger partial charge in [0.25, 0.3) is 0 Å². The average molecular weight is 312 g/mol. The number of nitrogens with one attached hydrogen (secondary N) is 1. The Balaban J connectivity index is 2.34. The minimum Gasteiger partial charge on any atom is -0.381 e. The Hall–Kier alpha value is -0.570. The maximum absolute atomic E-state index is 5.94. The van der Waals surface area contributed by atoms with Gasteiger partial charge >= 0.3 is 0 Å². The Bertz CT molecular complexity index is 364.